The second kappa shape index (κ2) is 3.34. The SMILES string of the molecule is C=CCc1c(C)nc(=O)[nH]c1C. The lowest BCUT2D eigenvalue weighted by molar-refractivity contribution is 0.937. The highest BCUT2D eigenvalue weighted by atomic mass is 16.1. The van der Waals surface area contributed by atoms with E-state index in [4.69, 9.17) is 0 Å². The first-order valence-corrected chi connectivity index (χ1v) is 3.82. The lowest BCUT2D eigenvalue weighted by Gasteiger charge is -2.04. The van der Waals surface area contributed by atoms with Crippen LogP contribution in [0.1, 0.15) is 17.0 Å². The Kier molecular flexibility index (Phi) is 2.43. The summed E-state index contributed by atoms with van der Waals surface area (Å²) in [6.45, 7) is 7.35. The molecule has 3 heteroatoms. The Labute approximate surface area is 71.2 Å². The van der Waals surface area contributed by atoms with Gasteiger partial charge < -0.3 is 4.98 Å². The van der Waals surface area contributed by atoms with Gasteiger partial charge in [0.1, 0.15) is 0 Å². The summed E-state index contributed by atoms with van der Waals surface area (Å²) in [5.74, 6) is 0. The van der Waals surface area contributed by atoms with Gasteiger partial charge in [0, 0.05) is 11.4 Å². The highest BCUT2D eigenvalue weighted by molar-refractivity contribution is 5.24. The number of nitrogens with zero attached hydrogens (tertiary/aromatic N) is 1. The zero-order chi connectivity index (χ0) is 9.14. The lowest BCUT2D eigenvalue weighted by atomic mass is 10.1. The van der Waals surface area contributed by atoms with Gasteiger partial charge in [-0.2, -0.15) is 4.98 Å². The smallest absolute Gasteiger partial charge is 0.310 e. The predicted molar refractivity (Wildman–Crippen MR) is 48.2 cm³/mol. The summed E-state index contributed by atoms with van der Waals surface area (Å²) < 4.78 is 0. The minimum atomic E-state index is -0.280. The first kappa shape index (κ1) is 8.71. The Bertz CT molecular complexity index is 326. The fourth-order valence-corrected chi connectivity index (χ4v) is 1.20. The summed E-state index contributed by atoms with van der Waals surface area (Å²) in [7, 11) is 0. The van der Waals surface area contributed by atoms with Crippen molar-refractivity contribution in [1.29, 1.82) is 0 Å². The van der Waals surface area contributed by atoms with Crippen molar-refractivity contribution in [3.8, 4) is 0 Å². The largest absolute Gasteiger partial charge is 0.345 e. The summed E-state index contributed by atoms with van der Waals surface area (Å²) in [6.07, 6.45) is 2.55. The zero-order valence-corrected chi connectivity index (χ0v) is 7.35. The van der Waals surface area contributed by atoms with E-state index >= 15 is 0 Å². The number of nitrogens with one attached hydrogen (secondary N) is 1. The van der Waals surface area contributed by atoms with E-state index in [-0.39, 0.29) is 5.69 Å². The van der Waals surface area contributed by atoms with Crippen molar-refractivity contribution in [3.05, 3.63) is 40.1 Å². The van der Waals surface area contributed by atoms with Crippen LogP contribution in [-0.2, 0) is 6.42 Å². The minimum absolute atomic E-state index is 0.280. The molecule has 0 aliphatic carbocycles. The maximum atomic E-state index is 10.9. The Morgan fingerprint density at radius 1 is 1.58 bits per heavy atom. The second-order valence-corrected chi connectivity index (χ2v) is 2.72. The molecule has 12 heavy (non-hydrogen) atoms. The van der Waals surface area contributed by atoms with E-state index in [0.29, 0.717) is 0 Å². The molecule has 0 aliphatic rings. The molecule has 1 heterocycles. The van der Waals surface area contributed by atoms with Crippen LogP contribution in [0.2, 0.25) is 0 Å². The molecule has 64 valence electrons. The van der Waals surface area contributed by atoms with Crippen LogP contribution in [0.15, 0.2) is 17.4 Å². The minimum Gasteiger partial charge on any atom is -0.310 e. The van der Waals surface area contributed by atoms with Crippen LogP contribution in [0.4, 0.5) is 0 Å². The van der Waals surface area contributed by atoms with Gasteiger partial charge in [0.05, 0.1) is 0 Å². The molecule has 0 aromatic carbocycles. The first-order valence-electron chi connectivity index (χ1n) is 3.82. The zero-order valence-electron chi connectivity index (χ0n) is 7.35. The van der Waals surface area contributed by atoms with Crippen molar-refractivity contribution < 1.29 is 0 Å². The van der Waals surface area contributed by atoms with Crippen LogP contribution >= 0.6 is 0 Å². The standard InChI is InChI=1S/C9H12N2O/c1-4-5-8-6(2)10-9(12)11-7(8)3/h4H,1,5H2,2-3H3,(H,10,11,12). The van der Waals surface area contributed by atoms with Crippen LogP contribution in [0, 0.1) is 13.8 Å². The third kappa shape index (κ3) is 1.61. The molecule has 0 radical (unpaired) electrons. The van der Waals surface area contributed by atoms with Crippen molar-refractivity contribution in [1.82, 2.24) is 9.97 Å². The average molecular weight is 164 g/mol. The second-order valence-electron chi connectivity index (χ2n) is 2.72. The van der Waals surface area contributed by atoms with E-state index in [1.54, 1.807) is 6.08 Å². The molecule has 0 atom stereocenters. The Hall–Kier alpha value is -1.38. The number of allylic oxidation sites excluding steroid dienone is 1. The van der Waals surface area contributed by atoms with E-state index in [2.05, 4.69) is 16.5 Å². The van der Waals surface area contributed by atoms with Crippen LogP contribution in [0.3, 0.4) is 0 Å². The van der Waals surface area contributed by atoms with E-state index < -0.39 is 0 Å². The Balaban J connectivity index is 3.27. The molecule has 1 aromatic rings. The van der Waals surface area contributed by atoms with Gasteiger partial charge >= 0.3 is 5.69 Å². The van der Waals surface area contributed by atoms with Crippen LogP contribution in [-0.4, -0.2) is 9.97 Å². The third-order valence-corrected chi connectivity index (χ3v) is 1.80. The van der Waals surface area contributed by atoms with Gasteiger partial charge in [0.25, 0.3) is 0 Å². The van der Waals surface area contributed by atoms with Crippen LogP contribution in [0.25, 0.3) is 0 Å². The highest BCUT2D eigenvalue weighted by Gasteiger charge is 2.02. The number of hydrogen-bond donors (Lipinski definition) is 1. The number of rotatable bonds is 2. The number of hydrogen-bond acceptors (Lipinski definition) is 2. The van der Waals surface area contributed by atoms with Gasteiger partial charge in [-0.05, 0) is 25.8 Å². The highest BCUT2D eigenvalue weighted by Crippen LogP contribution is 2.06. The molecule has 0 saturated carbocycles. The van der Waals surface area contributed by atoms with Crippen molar-refractivity contribution in [2.75, 3.05) is 0 Å². The van der Waals surface area contributed by atoms with Crippen molar-refractivity contribution in [2.45, 2.75) is 20.3 Å². The van der Waals surface area contributed by atoms with Gasteiger partial charge in [-0.25, -0.2) is 4.79 Å². The number of aryl methyl sites for hydroxylation is 2. The summed E-state index contributed by atoms with van der Waals surface area (Å²) in [5, 5.41) is 0. The van der Waals surface area contributed by atoms with E-state index in [1.165, 1.54) is 0 Å². The van der Waals surface area contributed by atoms with Crippen molar-refractivity contribution in [2.24, 2.45) is 0 Å². The van der Waals surface area contributed by atoms with Crippen LogP contribution in [0.5, 0.6) is 0 Å². The third-order valence-electron chi connectivity index (χ3n) is 1.80. The van der Waals surface area contributed by atoms with Crippen molar-refractivity contribution >= 4 is 0 Å². The maximum absolute atomic E-state index is 10.9. The molecule has 0 fully saturated rings. The molecular weight excluding hydrogens is 152 g/mol. The van der Waals surface area contributed by atoms with Crippen LogP contribution < -0.4 is 5.69 Å². The number of H-pyrrole nitrogens is 1. The van der Waals surface area contributed by atoms with Crippen molar-refractivity contribution in [3.63, 3.8) is 0 Å². The number of aromatic nitrogens is 2. The molecule has 0 unspecified atom stereocenters. The quantitative estimate of drug-likeness (QED) is 0.665. The van der Waals surface area contributed by atoms with Gasteiger partial charge in [-0.15, -0.1) is 6.58 Å². The monoisotopic (exact) mass is 164 g/mol. The van der Waals surface area contributed by atoms with Gasteiger partial charge in [-0.1, -0.05) is 6.08 Å². The van der Waals surface area contributed by atoms with Gasteiger partial charge in [-0.3, -0.25) is 0 Å². The summed E-state index contributed by atoms with van der Waals surface area (Å²) in [6, 6.07) is 0. The Morgan fingerprint density at radius 2 is 2.25 bits per heavy atom. The van der Waals surface area contributed by atoms with E-state index in [0.717, 1.165) is 23.4 Å². The normalized spacial score (nSPS) is 9.83. The fraction of sp³-hybridized carbons (Fsp3) is 0.333. The molecule has 0 aliphatic heterocycles. The lowest BCUT2D eigenvalue weighted by Crippen LogP contribution is -2.15. The summed E-state index contributed by atoms with van der Waals surface area (Å²) in [5.41, 5.74) is 2.45. The van der Waals surface area contributed by atoms with Gasteiger partial charge in [0.2, 0.25) is 0 Å². The predicted octanol–water partition coefficient (Wildman–Crippen LogP) is 1.12. The first-order chi connectivity index (χ1) is 5.65. The number of aromatic amines is 1. The molecule has 1 rings (SSSR count). The molecule has 0 bridgehead atoms. The molecule has 1 aromatic heterocycles. The van der Waals surface area contributed by atoms with Gasteiger partial charge in [0.15, 0.2) is 0 Å². The molecule has 1 N–H and O–H groups in total. The van der Waals surface area contributed by atoms with E-state index in [9.17, 15) is 4.79 Å². The Morgan fingerprint density at radius 3 is 2.75 bits per heavy atom. The fourth-order valence-electron chi connectivity index (χ4n) is 1.20. The molecule has 0 saturated heterocycles. The average Bonchev–Trinajstić information content (AvgIpc) is 1.96. The maximum Gasteiger partial charge on any atom is 0.345 e. The molecule has 0 spiro atoms. The molecule has 3 nitrogen and oxygen atoms in total. The molecule has 0 amide bonds. The summed E-state index contributed by atoms with van der Waals surface area (Å²) >= 11 is 0. The topological polar surface area (TPSA) is 45.8 Å². The van der Waals surface area contributed by atoms with E-state index in [1.807, 2.05) is 13.8 Å². The molecular formula is C9H12N2O. The summed E-state index contributed by atoms with van der Waals surface area (Å²) in [4.78, 5) is 17.3.